The maximum atomic E-state index is 11.8. The second-order valence-electron chi connectivity index (χ2n) is 4.37. The molecule has 3 N–H and O–H groups in total. The molecule has 0 spiro atoms. The number of halogens is 2. The molecule has 0 radical (unpaired) electrons. The van der Waals surface area contributed by atoms with Crippen molar-refractivity contribution in [1.82, 2.24) is 5.32 Å². The van der Waals surface area contributed by atoms with Gasteiger partial charge in [-0.2, -0.15) is 0 Å². The van der Waals surface area contributed by atoms with E-state index >= 15 is 0 Å². The number of carbonyl (C=O) groups excluding carboxylic acids is 1. The van der Waals surface area contributed by atoms with Crippen molar-refractivity contribution in [3.05, 3.63) is 35.9 Å². The van der Waals surface area contributed by atoms with Crippen LogP contribution in [-0.2, 0) is 9.53 Å². The Bertz CT molecular complexity index is 388. The van der Waals surface area contributed by atoms with Gasteiger partial charge in [-0.25, -0.2) is 8.78 Å². The average Bonchev–Trinajstić information content (AvgIpc) is 2.45. The van der Waals surface area contributed by atoms with Crippen LogP contribution in [0.2, 0.25) is 0 Å². The summed E-state index contributed by atoms with van der Waals surface area (Å²) < 4.78 is 28.2. The van der Waals surface area contributed by atoms with Crippen LogP contribution in [0.15, 0.2) is 30.3 Å². The van der Waals surface area contributed by atoms with Crippen LogP contribution in [0.25, 0.3) is 0 Å². The van der Waals surface area contributed by atoms with Gasteiger partial charge in [-0.15, -0.1) is 0 Å². The molecule has 0 aliphatic heterocycles. The van der Waals surface area contributed by atoms with E-state index in [1.807, 2.05) is 30.3 Å². The number of nitrogens with one attached hydrogen (secondary N) is 1. The van der Waals surface area contributed by atoms with Crippen molar-refractivity contribution in [2.75, 3.05) is 19.8 Å². The number of ether oxygens (including phenoxy) is 1. The Hall–Kier alpha value is -1.53. The molecule has 0 aromatic heterocycles. The Labute approximate surface area is 117 Å². The van der Waals surface area contributed by atoms with E-state index in [-0.39, 0.29) is 25.1 Å². The minimum atomic E-state index is -2.48. The molecule has 0 aliphatic carbocycles. The molecule has 4 nitrogen and oxygen atoms in total. The van der Waals surface area contributed by atoms with E-state index in [1.54, 1.807) is 0 Å². The number of rotatable bonds is 9. The molecule has 0 aliphatic rings. The van der Waals surface area contributed by atoms with E-state index in [1.165, 1.54) is 0 Å². The van der Waals surface area contributed by atoms with E-state index in [4.69, 9.17) is 5.73 Å². The van der Waals surface area contributed by atoms with Gasteiger partial charge in [0.15, 0.2) is 0 Å². The van der Waals surface area contributed by atoms with Crippen LogP contribution in [0.5, 0.6) is 0 Å². The first kappa shape index (κ1) is 16.5. The summed E-state index contributed by atoms with van der Waals surface area (Å²) in [5, 5.41) is 2.60. The minimum Gasteiger partial charge on any atom is -0.374 e. The van der Waals surface area contributed by atoms with Crippen LogP contribution >= 0.6 is 0 Å². The lowest BCUT2D eigenvalue weighted by molar-refractivity contribution is -0.121. The summed E-state index contributed by atoms with van der Waals surface area (Å²) in [5.41, 5.74) is 6.95. The van der Waals surface area contributed by atoms with Gasteiger partial charge >= 0.3 is 0 Å². The maximum absolute atomic E-state index is 11.8. The van der Waals surface area contributed by atoms with Crippen molar-refractivity contribution in [3.63, 3.8) is 0 Å². The molecule has 1 unspecified atom stereocenters. The summed E-state index contributed by atoms with van der Waals surface area (Å²) in [6.45, 7) is -0.290. The third-order valence-corrected chi connectivity index (χ3v) is 2.72. The Morgan fingerprint density at radius 1 is 1.30 bits per heavy atom. The molecule has 0 saturated carbocycles. The monoisotopic (exact) mass is 286 g/mol. The highest BCUT2D eigenvalue weighted by Crippen LogP contribution is 2.14. The lowest BCUT2D eigenvalue weighted by Gasteiger charge is -2.12. The summed E-state index contributed by atoms with van der Waals surface area (Å²) in [4.78, 5) is 11.5. The van der Waals surface area contributed by atoms with Gasteiger partial charge in [0.2, 0.25) is 5.91 Å². The molecule has 0 fully saturated rings. The van der Waals surface area contributed by atoms with Gasteiger partial charge in [0.1, 0.15) is 6.61 Å². The first-order chi connectivity index (χ1) is 9.59. The third kappa shape index (κ3) is 7.16. The lowest BCUT2D eigenvalue weighted by Crippen LogP contribution is -2.28. The molecule has 1 amide bonds. The lowest BCUT2D eigenvalue weighted by atomic mass is 10.0. The van der Waals surface area contributed by atoms with Crippen molar-refractivity contribution in [2.45, 2.75) is 25.3 Å². The number of alkyl halides is 2. The van der Waals surface area contributed by atoms with Crippen LogP contribution in [-0.4, -0.2) is 32.1 Å². The normalized spacial score (nSPS) is 12.4. The third-order valence-electron chi connectivity index (χ3n) is 2.72. The molecule has 112 valence electrons. The van der Waals surface area contributed by atoms with Gasteiger partial charge in [-0.1, -0.05) is 30.3 Å². The Balaban J connectivity index is 2.11. The van der Waals surface area contributed by atoms with E-state index < -0.39 is 13.0 Å². The fourth-order valence-electron chi connectivity index (χ4n) is 1.68. The van der Waals surface area contributed by atoms with Crippen molar-refractivity contribution in [1.29, 1.82) is 0 Å². The Morgan fingerprint density at radius 3 is 2.65 bits per heavy atom. The molecule has 0 saturated heterocycles. The summed E-state index contributed by atoms with van der Waals surface area (Å²) >= 11 is 0. The number of benzene rings is 1. The highest BCUT2D eigenvalue weighted by Gasteiger charge is 2.08. The second kappa shape index (κ2) is 9.39. The molecule has 20 heavy (non-hydrogen) atoms. The number of hydrogen-bond acceptors (Lipinski definition) is 3. The van der Waals surface area contributed by atoms with Gasteiger partial charge in [-0.05, 0) is 12.0 Å². The average molecular weight is 286 g/mol. The standard InChI is InChI=1S/C14H20F2N2O2/c15-13(16)10-20-9-8-18-14(19)7-6-12(17)11-4-2-1-3-5-11/h1-5,12-13H,6-10,17H2,(H,18,19). The first-order valence-corrected chi connectivity index (χ1v) is 6.52. The minimum absolute atomic E-state index is 0.0841. The summed E-state index contributed by atoms with van der Waals surface area (Å²) in [5.74, 6) is -0.156. The van der Waals surface area contributed by atoms with Gasteiger partial charge in [0, 0.05) is 19.0 Å². The van der Waals surface area contributed by atoms with Gasteiger partial charge in [0.05, 0.1) is 6.61 Å². The van der Waals surface area contributed by atoms with Crippen molar-refractivity contribution in [2.24, 2.45) is 5.73 Å². The van der Waals surface area contributed by atoms with Crippen LogP contribution in [0.4, 0.5) is 8.78 Å². The highest BCUT2D eigenvalue weighted by atomic mass is 19.3. The fourth-order valence-corrected chi connectivity index (χ4v) is 1.68. The second-order valence-corrected chi connectivity index (χ2v) is 4.37. The van der Waals surface area contributed by atoms with E-state index in [2.05, 4.69) is 10.1 Å². The predicted molar refractivity (Wildman–Crippen MR) is 72.4 cm³/mol. The zero-order valence-corrected chi connectivity index (χ0v) is 11.2. The molecule has 1 aromatic rings. The first-order valence-electron chi connectivity index (χ1n) is 6.52. The zero-order valence-electron chi connectivity index (χ0n) is 11.2. The quantitative estimate of drug-likeness (QED) is 0.681. The van der Waals surface area contributed by atoms with Gasteiger partial charge in [-0.3, -0.25) is 4.79 Å². The molecule has 6 heteroatoms. The summed E-state index contributed by atoms with van der Waals surface area (Å²) in [7, 11) is 0. The molecule has 0 heterocycles. The zero-order chi connectivity index (χ0) is 14.8. The van der Waals surface area contributed by atoms with Crippen LogP contribution in [0, 0.1) is 0 Å². The molecule has 1 rings (SSSR count). The SMILES string of the molecule is NC(CCC(=O)NCCOCC(F)F)c1ccccc1. The number of nitrogens with two attached hydrogens (primary N) is 1. The number of hydrogen-bond donors (Lipinski definition) is 2. The summed E-state index contributed by atoms with van der Waals surface area (Å²) in [6, 6.07) is 9.35. The van der Waals surface area contributed by atoms with Crippen LogP contribution < -0.4 is 11.1 Å². The highest BCUT2D eigenvalue weighted by molar-refractivity contribution is 5.75. The number of carbonyl (C=O) groups is 1. The largest absolute Gasteiger partial charge is 0.374 e. The predicted octanol–water partition coefficient (Wildman–Crippen LogP) is 1.86. The van der Waals surface area contributed by atoms with Crippen molar-refractivity contribution in [3.8, 4) is 0 Å². The Morgan fingerprint density at radius 2 is 2.00 bits per heavy atom. The van der Waals surface area contributed by atoms with E-state index in [0.29, 0.717) is 12.8 Å². The molecular formula is C14H20F2N2O2. The smallest absolute Gasteiger partial charge is 0.261 e. The number of amides is 1. The van der Waals surface area contributed by atoms with Crippen molar-refractivity contribution < 1.29 is 18.3 Å². The van der Waals surface area contributed by atoms with Crippen LogP contribution in [0.1, 0.15) is 24.4 Å². The summed E-state index contributed by atoms with van der Waals surface area (Å²) in [6.07, 6.45) is -1.65. The fraction of sp³-hybridized carbons (Fsp3) is 0.500. The van der Waals surface area contributed by atoms with E-state index in [9.17, 15) is 13.6 Å². The van der Waals surface area contributed by atoms with E-state index in [0.717, 1.165) is 5.56 Å². The Kier molecular flexibility index (Phi) is 7.75. The molecule has 0 bridgehead atoms. The van der Waals surface area contributed by atoms with Crippen molar-refractivity contribution >= 4 is 5.91 Å². The molecule has 1 atom stereocenters. The topological polar surface area (TPSA) is 64.4 Å². The maximum Gasteiger partial charge on any atom is 0.261 e. The molecular weight excluding hydrogens is 266 g/mol. The van der Waals surface area contributed by atoms with Crippen LogP contribution in [0.3, 0.4) is 0 Å². The molecule has 1 aromatic carbocycles. The van der Waals surface area contributed by atoms with Gasteiger partial charge in [0.25, 0.3) is 6.43 Å². The van der Waals surface area contributed by atoms with Gasteiger partial charge < -0.3 is 15.8 Å².